The van der Waals surface area contributed by atoms with Crippen molar-refractivity contribution in [1.29, 1.82) is 0 Å². The molecule has 0 atom stereocenters. The average Bonchev–Trinajstić information content (AvgIpc) is 2.24. The van der Waals surface area contributed by atoms with Gasteiger partial charge in [-0.15, -0.1) is 13.2 Å². The molecule has 0 aromatic heterocycles. The molecule has 0 bridgehead atoms. The van der Waals surface area contributed by atoms with Crippen molar-refractivity contribution in [2.24, 2.45) is 0 Å². The summed E-state index contributed by atoms with van der Waals surface area (Å²) < 4.78 is 45.3. The van der Waals surface area contributed by atoms with Crippen LogP contribution in [0.4, 0.5) is 13.2 Å². The predicted molar refractivity (Wildman–Crippen MR) is 69.6 cm³/mol. The largest absolute Gasteiger partial charge is 0.573 e. The maximum absolute atomic E-state index is 12.0. The normalized spacial score (nSPS) is 11.3. The Hall–Kier alpha value is -1.44. The third kappa shape index (κ3) is 6.14. The van der Waals surface area contributed by atoms with E-state index in [2.05, 4.69) is 26.0 Å². The van der Waals surface area contributed by atoms with E-state index in [0.717, 1.165) is 12.1 Å². The molecule has 0 heterocycles. The zero-order chi connectivity index (χ0) is 15.3. The van der Waals surface area contributed by atoms with E-state index in [9.17, 15) is 18.0 Å². The number of nitrogens with one attached hydrogen (secondary N) is 1. The number of alkyl halides is 3. The summed E-state index contributed by atoms with van der Waals surface area (Å²) in [7, 11) is 0. The molecule has 1 rings (SSSR count). The molecule has 1 aromatic carbocycles. The van der Waals surface area contributed by atoms with E-state index in [1.165, 1.54) is 6.07 Å². The van der Waals surface area contributed by atoms with Gasteiger partial charge in [0.25, 0.3) is 5.91 Å². The van der Waals surface area contributed by atoms with E-state index in [4.69, 9.17) is 4.74 Å². The fourth-order valence-electron chi connectivity index (χ4n) is 1.30. The van der Waals surface area contributed by atoms with Crippen LogP contribution in [0, 0.1) is 0 Å². The third-order valence-electron chi connectivity index (χ3n) is 1.95. The first-order chi connectivity index (χ1) is 9.17. The van der Waals surface area contributed by atoms with E-state index in [1.807, 2.05) is 0 Å². The lowest BCUT2D eigenvalue weighted by molar-refractivity contribution is -0.274. The second kappa shape index (κ2) is 6.83. The first kappa shape index (κ1) is 16.6. The standard InChI is InChI=1S/C12H13BrF3NO3/c1-7(2)17-11(18)6-19-10-4-3-8(5-9(10)13)20-12(14,15)16/h3-5,7H,6H2,1-2H3,(H,17,18). The van der Waals surface area contributed by atoms with Crippen molar-refractivity contribution in [2.75, 3.05) is 6.61 Å². The van der Waals surface area contributed by atoms with Gasteiger partial charge in [-0.1, -0.05) is 0 Å². The third-order valence-corrected chi connectivity index (χ3v) is 2.57. The lowest BCUT2D eigenvalue weighted by Gasteiger charge is -2.12. The molecular weight excluding hydrogens is 343 g/mol. The number of carbonyl (C=O) groups excluding carboxylic acids is 1. The van der Waals surface area contributed by atoms with Crippen LogP contribution in [-0.2, 0) is 4.79 Å². The van der Waals surface area contributed by atoms with E-state index in [-0.39, 0.29) is 34.5 Å². The van der Waals surface area contributed by atoms with Crippen molar-refractivity contribution in [3.63, 3.8) is 0 Å². The molecule has 0 aliphatic carbocycles. The fraction of sp³-hybridized carbons (Fsp3) is 0.417. The van der Waals surface area contributed by atoms with E-state index in [1.54, 1.807) is 13.8 Å². The molecule has 4 nitrogen and oxygen atoms in total. The average molecular weight is 356 g/mol. The fourth-order valence-corrected chi connectivity index (χ4v) is 1.77. The maximum atomic E-state index is 12.0. The molecule has 0 spiro atoms. The van der Waals surface area contributed by atoms with Gasteiger partial charge < -0.3 is 14.8 Å². The molecule has 20 heavy (non-hydrogen) atoms. The van der Waals surface area contributed by atoms with Crippen LogP contribution in [-0.4, -0.2) is 24.9 Å². The molecule has 1 aromatic rings. The second-order valence-electron chi connectivity index (χ2n) is 4.15. The quantitative estimate of drug-likeness (QED) is 0.881. The van der Waals surface area contributed by atoms with Crippen molar-refractivity contribution in [3.8, 4) is 11.5 Å². The monoisotopic (exact) mass is 355 g/mol. The minimum atomic E-state index is -4.75. The van der Waals surface area contributed by atoms with Gasteiger partial charge in [0.05, 0.1) is 4.47 Å². The first-order valence-corrected chi connectivity index (χ1v) is 6.44. The summed E-state index contributed by atoms with van der Waals surface area (Å²) >= 11 is 3.05. The van der Waals surface area contributed by atoms with Gasteiger partial charge in [-0.2, -0.15) is 0 Å². The zero-order valence-electron chi connectivity index (χ0n) is 10.8. The van der Waals surface area contributed by atoms with Crippen LogP contribution >= 0.6 is 15.9 Å². The van der Waals surface area contributed by atoms with Gasteiger partial charge in [0.2, 0.25) is 0 Å². The molecule has 0 aliphatic heterocycles. The summed E-state index contributed by atoms with van der Waals surface area (Å²) in [5, 5.41) is 2.62. The number of amides is 1. The lowest BCUT2D eigenvalue weighted by atomic mass is 10.3. The van der Waals surface area contributed by atoms with Crippen LogP contribution in [0.25, 0.3) is 0 Å². The van der Waals surface area contributed by atoms with Gasteiger partial charge in [0.1, 0.15) is 11.5 Å². The molecule has 8 heteroatoms. The van der Waals surface area contributed by atoms with Crippen molar-refractivity contribution in [3.05, 3.63) is 22.7 Å². The molecule has 0 saturated carbocycles. The number of rotatable bonds is 5. The predicted octanol–water partition coefficient (Wildman–Crippen LogP) is 3.25. The number of hydrogen-bond acceptors (Lipinski definition) is 3. The highest BCUT2D eigenvalue weighted by atomic mass is 79.9. The first-order valence-electron chi connectivity index (χ1n) is 5.65. The molecule has 0 fully saturated rings. The van der Waals surface area contributed by atoms with Crippen molar-refractivity contribution >= 4 is 21.8 Å². The van der Waals surface area contributed by atoms with Crippen LogP contribution < -0.4 is 14.8 Å². The summed E-state index contributed by atoms with van der Waals surface area (Å²) in [6, 6.07) is 3.49. The van der Waals surface area contributed by atoms with Crippen LogP contribution in [0.1, 0.15) is 13.8 Å². The Kier molecular flexibility index (Phi) is 5.67. The summed E-state index contributed by atoms with van der Waals surface area (Å²) in [5.74, 6) is -0.440. The number of carbonyl (C=O) groups is 1. The van der Waals surface area contributed by atoms with E-state index < -0.39 is 6.36 Å². The highest BCUT2D eigenvalue weighted by molar-refractivity contribution is 9.10. The van der Waals surface area contributed by atoms with E-state index >= 15 is 0 Å². The lowest BCUT2D eigenvalue weighted by Crippen LogP contribution is -2.34. The van der Waals surface area contributed by atoms with Crippen molar-refractivity contribution < 1.29 is 27.4 Å². The number of hydrogen-bond donors (Lipinski definition) is 1. The Balaban J connectivity index is 2.62. The topological polar surface area (TPSA) is 47.6 Å². The van der Waals surface area contributed by atoms with E-state index in [0.29, 0.717) is 0 Å². The van der Waals surface area contributed by atoms with Gasteiger partial charge in [-0.3, -0.25) is 4.79 Å². The molecule has 0 radical (unpaired) electrons. The Morgan fingerprint density at radius 1 is 1.40 bits per heavy atom. The Morgan fingerprint density at radius 3 is 2.55 bits per heavy atom. The molecule has 0 saturated heterocycles. The minimum absolute atomic E-state index is 0.0166. The minimum Gasteiger partial charge on any atom is -0.483 e. The number of ether oxygens (including phenoxy) is 2. The molecule has 112 valence electrons. The van der Waals surface area contributed by atoms with Crippen LogP contribution in [0.15, 0.2) is 22.7 Å². The van der Waals surface area contributed by atoms with Crippen LogP contribution in [0.3, 0.4) is 0 Å². The van der Waals surface area contributed by atoms with Crippen LogP contribution in [0.2, 0.25) is 0 Å². The second-order valence-corrected chi connectivity index (χ2v) is 5.01. The highest BCUT2D eigenvalue weighted by Crippen LogP contribution is 2.31. The maximum Gasteiger partial charge on any atom is 0.573 e. The highest BCUT2D eigenvalue weighted by Gasteiger charge is 2.31. The molecule has 0 unspecified atom stereocenters. The number of benzene rings is 1. The molecule has 1 amide bonds. The zero-order valence-corrected chi connectivity index (χ0v) is 12.3. The van der Waals surface area contributed by atoms with Crippen LogP contribution in [0.5, 0.6) is 11.5 Å². The Bertz CT molecular complexity index is 478. The van der Waals surface area contributed by atoms with Gasteiger partial charge >= 0.3 is 6.36 Å². The van der Waals surface area contributed by atoms with Crippen molar-refractivity contribution in [1.82, 2.24) is 5.32 Å². The smallest absolute Gasteiger partial charge is 0.483 e. The summed E-state index contributed by atoms with van der Waals surface area (Å²) in [5.41, 5.74) is 0. The summed E-state index contributed by atoms with van der Waals surface area (Å²) in [6.45, 7) is 3.38. The van der Waals surface area contributed by atoms with Gasteiger partial charge in [0.15, 0.2) is 6.61 Å². The van der Waals surface area contributed by atoms with Crippen molar-refractivity contribution in [2.45, 2.75) is 26.3 Å². The molecular formula is C12H13BrF3NO3. The molecule has 1 N–H and O–H groups in total. The Morgan fingerprint density at radius 2 is 2.05 bits per heavy atom. The summed E-state index contributed by atoms with van der Waals surface area (Å²) in [4.78, 5) is 11.4. The van der Waals surface area contributed by atoms with Gasteiger partial charge in [-0.25, -0.2) is 0 Å². The van der Waals surface area contributed by atoms with Gasteiger partial charge in [-0.05, 0) is 48.0 Å². The number of halogens is 4. The Labute approximate surface area is 122 Å². The SMILES string of the molecule is CC(C)NC(=O)COc1ccc(OC(F)(F)F)cc1Br. The molecule has 0 aliphatic rings. The van der Waals surface area contributed by atoms with Gasteiger partial charge in [0, 0.05) is 6.04 Å². The summed E-state index contributed by atoms with van der Waals surface area (Å²) in [6.07, 6.45) is -4.75.